The van der Waals surface area contributed by atoms with Crippen LogP contribution in [0.5, 0.6) is 5.75 Å². The largest absolute Gasteiger partial charge is 0.484 e. The van der Waals surface area contributed by atoms with Gasteiger partial charge in [0.25, 0.3) is 5.91 Å². The molecule has 1 rings (SSSR count). The minimum Gasteiger partial charge on any atom is -0.484 e. The first-order chi connectivity index (χ1) is 9.81. The number of alkyl halides is 3. The first-order valence-corrected chi connectivity index (χ1v) is 7.06. The molecule has 1 aromatic rings. The molecule has 0 aromatic heterocycles. The molecule has 0 aliphatic carbocycles. The van der Waals surface area contributed by atoms with Gasteiger partial charge in [-0.2, -0.15) is 13.2 Å². The summed E-state index contributed by atoms with van der Waals surface area (Å²) in [6.45, 7) is 1.57. The van der Waals surface area contributed by atoms with Crippen molar-refractivity contribution in [3.8, 4) is 5.75 Å². The highest BCUT2D eigenvalue weighted by Crippen LogP contribution is 2.22. The fourth-order valence-corrected chi connectivity index (χ4v) is 1.82. The zero-order valence-electron chi connectivity index (χ0n) is 11.4. The molecular weight excluding hydrogens is 353 g/mol. The lowest BCUT2D eigenvalue weighted by atomic mass is 10.2. The van der Waals surface area contributed by atoms with E-state index in [2.05, 4.69) is 21.2 Å². The van der Waals surface area contributed by atoms with Gasteiger partial charge in [-0.05, 0) is 30.3 Å². The van der Waals surface area contributed by atoms with Crippen LogP contribution in [0.2, 0.25) is 0 Å². The number of carbonyl (C=O) groups excluding carboxylic acids is 1. The summed E-state index contributed by atoms with van der Waals surface area (Å²) in [6.07, 6.45) is -4.42. The van der Waals surface area contributed by atoms with Crippen LogP contribution >= 0.6 is 15.9 Å². The number of ether oxygens (including phenoxy) is 1. The van der Waals surface area contributed by atoms with Gasteiger partial charge in [0.15, 0.2) is 6.61 Å². The van der Waals surface area contributed by atoms with Gasteiger partial charge >= 0.3 is 6.18 Å². The van der Waals surface area contributed by atoms with Crippen molar-refractivity contribution in [1.29, 1.82) is 0 Å². The molecule has 0 heterocycles. The maximum Gasteiger partial charge on any atom is 0.405 e. The number of carbonyl (C=O) groups is 1. The minimum atomic E-state index is -4.42. The molecule has 4 nitrogen and oxygen atoms in total. The average Bonchev–Trinajstić information content (AvgIpc) is 2.42. The average molecular weight is 369 g/mol. The lowest BCUT2D eigenvalue weighted by Gasteiger charge is -2.11. The van der Waals surface area contributed by atoms with E-state index in [0.29, 0.717) is 12.3 Å². The van der Waals surface area contributed by atoms with Crippen LogP contribution in [0.4, 0.5) is 13.2 Å². The number of nitrogens with one attached hydrogen (secondary N) is 2. The number of hydrogen-bond acceptors (Lipinski definition) is 3. The van der Waals surface area contributed by atoms with E-state index in [1.807, 2.05) is 6.92 Å². The molecule has 1 amide bonds. The summed E-state index contributed by atoms with van der Waals surface area (Å²) in [4.78, 5) is 11.2. The Labute approximate surface area is 129 Å². The third kappa shape index (κ3) is 7.33. The number of rotatable bonds is 7. The van der Waals surface area contributed by atoms with Crippen LogP contribution in [-0.2, 0) is 11.3 Å². The van der Waals surface area contributed by atoms with Gasteiger partial charge in [0, 0.05) is 11.0 Å². The van der Waals surface area contributed by atoms with Gasteiger partial charge in [0.05, 0.1) is 0 Å². The number of benzene rings is 1. The van der Waals surface area contributed by atoms with Crippen molar-refractivity contribution in [3.05, 3.63) is 28.2 Å². The van der Waals surface area contributed by atoms with Gasteiger partial charge < -0.3 is 15.4 Å². The highest BCUT2D eigenvalue weighted by atomic mass is 79.9. The van der Waals surface area contributed by atoms with E-state index in [1.54, 1.807) is 23.5 Å². The number of amides is 1. The molecule has 0 fully saturated rings. The second-order valence-electron chi connectivity index (χ2n) is 4.21. The Balaban J connectivity index is 2.49. The van der Waals surface area contributed by atoms with Crippen molar-refractivity contribution in [3.63, 3.8) is 0 Å². The minimum absolute atomic E-state index is 0.424. The topological polar surface area (TPSA) is 50.4 Å². The molecule has 8 heteroatoms. The van der Waals surface area contributed by atoms with E-state index >= 15 is 0 Å². The lowest BCUT2D eigenvalue weighted by Crippen LogP contribution is -2.36. The summed E-state index contributed by atoms with van der Waals surface area (Å²) in [6, 6.07) is 5.12. The first-order valence-electron chi connectivity index (χ1n) is 6.27. The van der Waals surface area contributed by atoms with E-state index in [1.165, 1.54) is 0 Å². The summed E-state index contributed by atoms with van der Waals surface area (Å²) in [5.41, 5.74) is 0.935. The van der Waals surface area contributed by atoms with Crippen molar-refractivity contribution in [1.82, 2.24) is 10.6 Å². The second kappa shape index (κ2) is 8.23. The van der Waals surface area contributed by atoms with Crippen LogP contribution in [0, 0.1) is 0 Å². The first kappa shape index (κ1) is 17.8. The third-order valence-corrected chi connectivity index (χ3v) is 3.21. The molecular formula is C13H16BrF3N2O2. The molecule has 0 radical (unpaired) electrons. The predicted octanol–water partition coefficient (Wildman–Crippen LogP) is 2.62. The Bertz CT molecular complexity index is 481. The molecule has 0 spiro atoms. The van der Waals surface area contributed by atoms with Crippen molar-refractivity contribution >= 4 is 21.8 Å². The van der Waals surface area contributed by atoms with Crippen LogP contribution in [0.25, 0.3) is 0 Å². The van der Waals surface area contributed by atoms with Crippen LogP contribution in [0.15, 0.2) is 22.7 Å². The normalized spacial score (nSPS) is 11.3. The van der Waals surface area contributed by atoms with E-state index in [-0.39, 0.29) is 0 Å². The summed E-state index contributed by atoms with van der Waals surface area (Å²) in [5.74, 6) is -0.392. The van der Waals surface area contributed by atoms with Crippen molar-refractivity contribution in [2.24, 2.45) is 0 Å². The van der Waals surface area contributed by atoms with Gasteiger partial charge in [-0.1, -0.05) is 22.9 Å². The molecule has 0 saturated carbocycles. The van der Waals surface area contributed by atoms with Crippen LogP contribution in [0.1, 0.15) is 12.5 Å². The molecule has 2 N–H and O–H groups in total. The van der Waals surface area contributed by atoms with Crippen molar-refractivity contribution in [2.75, 3.05) is 19.7 Å². The SMILES string of the molecule is CCNCc1cc(OCC(=O)NCC(F)(F)F)ccc1Br. The summed E-state index contributed by atoms with van der Waals surface area (Å²) >= 11 is 3.39. The van der Waals surface area contributed by atoms with Gasteiger partial charge in [0.2, 0.25) is 0 Å². The molecule has 0 bridgehead atoms. The van der Waals surface area contributed by atoms with Crippen LogP contribution in [0.3, 0.4) is 0 Å². The standard InChI is InChI=1S/C13H16BrF3N2O2/c1-2-18-6-9-5-10(3-4-11(9)14)21-7-12(20)19-8-13(15,16)17/h3-5,18H,2,6-8H2,1H3,(H,19,20). The number of halogens is 4. The summed E-state index contributed by atoms with van der Waals surface area (Å²) < 4.78 is 41.8. The lowest BCUT2D eigenvalue weighted by molar-refractivity contribution is -0.139. The molecule has 0 aliphatic heterocycles. The fourth-order valence-electron chi connectivity index (χ4n) is 1.43. The number of hydrogen-bond donors (Lipinski definition) is 2. The van der Waals surface area contributed by atoms with Crippen molar-refractivity contribution in [2.45, 2.75) is 19.6 Å². The van der Waals surface area contributed by atoms with E-state index in [0.717, 1.165) is 16.6 Å². The van der Waals surface area contributed by atoms with Gasteiger partial charge in [0.1, 0.15) is 12.3 Å². The highest BCUT2D eigenvalue weighted by Gasteiger charge is 2.27. The maximum atomic E-state index is 11.9. The van der Waals surface area contributed by atoms with Crippen molar-refractivity contribution < 1.29 is 22.7 Å². The Morgan fingerprint density at radius 1 is 1.38 bits per heavy atom. The molecule has 0 aliphatic rings. The molecule has 0 atom stereocenters. The Kier molecular flexibility index (Phi) is 6.97. The fraction of sp³-hybridized carbons (Fsp3) is 0.462. The van der Waals surface area contributed by atoms with Crippen LogP contribution < -0.4 is 15.4 Å². The van der Waals surface area contributed by atoms with Gasteiger partial charge in [-0.25, -0.2) is 0 Å². The van der Waals surface area contributed by atoms with E-state index < -0.39 is 25.2 Å². The van der Waals surface area contributed by atoms with Gasteiger partial charge in [-0.15, -0.1) is 0 Å². The smallest absolute Gasteiger partial charge is 0.405 e. The maximum absolute atomic E-state index is 11.9. The molecule has 1 aromatic carbocycles. The molecule has 21 heavy (non-hydrogen) atoms. The Hall–Kier alpha value is -1.28. The molecule has 0 saturated heterocycles. The van der Waals surface area contributed by atoms with E-state index in [4.69, 9.17) is 4.74 Å². The third-order valence-electron chi connectivity index (χ3n) is 2.44. The Morgan fingerprint density at radius 3 is 2.71 bits per heavy atom. The zero-order chi connectivity index (χ0) is 15.9. The Morgan fingerprint density at radius 2 is 2.10 bits per heavy atom. The summed E-state index contributed by atoms with van der Waals surface area (Å²) in [5, 5.41) is 4.89. The quantitative estimate of drug-likeness (QED) is 0.777. The van der Waals surface area contributed by atoms with E-state index in [9.17, 15) is 18.0 Å². The molecule has 0 unspecified atom stereocenters. The molecule has 118 valence electrons. The predicted molar refractivity (Wildman–Crippen MR) is 76.1 cm³/mol. The van der Waals surface area contributed by atoms with Crippen LogP contribution in [-0.4, -0.2) is 31.8 Å². The van der Waals surface area contributed by atoms with Gasteiger partial charge in [-0.3, -0.25) is 4.79 Å². The zero-order valence-corrected chi connectivity index (χ0v) is 13.0. The monoisotopic (exact) mass is 368 g/mol. The summed E-state index contributed by atoms with van der Waals surface area (Å²) in [7, 11) is 0. The second-order valence-corrected chi connectivity index (χ2v) is 5.07. The highest BCUT2D eigenvalue weighted by molar-refractivity contribution is 9.10.